The molecule has 0 saturated heterocycles. The summed E-state index contributed by atoms with van der Waals surface area (Å²) in [7, 11) is 1.56. The zero-order valence-corrected chi connectivity index (χ0v) is 12.0. The number of aliphatic hydroxyl groups excluding tert-OH is 4. The summed E-state index contributed by atoms with van der Waals surface area (Å²) in [4.78, 5) is 3.75. The summed E-state index contributed by atoms with van der Waals surface area (Å²) in [5, 5.41) is 37.5. The molecule has 1 aromatic rings. The Bertz CT molecular complexity index is 434. The quantitative estimate of drug-likeness (QED) is 0.381. The molecule has 4 N–H and O–H groups in total. The van der Waals surface area contributed by atoms with E-state index < -0.39 is 31.3 Å². The third kappa shape index (κ3) is 5.78. The monoisotopic (exact) mass is 299 g/mol. The van der Waals surface area contributed by atoms with E-state index in [4.69, 9.17) is 14.6 Å². The van der Waals surface area contributed by atoms with Crippen LogP contribution in [0.2, 0.25) is 0 Å². The molecule has 21 heavy (non-hydrogen) atoms. The fourth-order valence-electron chi connectivity index (χ4n) is 1.48. The first-order valence-corrected chi connectivity index (χ1v) is 6.45. The second-order valence-corrected chi connectivity index (χ2v) is 4.45. The van der Waals surface area contributed by atoms with Crippen LogP contribution >= 0.6 is 0 Å². The lowest BCUT2D eigenvalue weighted by Crippen LogP contribution is -2.38. The fourth-order valence-corrected chi connectivity index (χ4v) is 1.48. The highest BCUT2D eigenvalue weighted by molar-refractivity contribution is 5.79. The SMILES string of the molecule is COc1ccc(/C=N/C(O)[C@H](O)OC(CO)[C@H](C)O)cc1. The molecule has 1 aromatic carbocycles. The first-order chi connectivity index (χ1) is 9.97. The molecular formula is C14H21NO6. The molecule has 4 atom stereocenters. The predicted molar refractivity (Wildman–Crippen MR) is 76.2 cm³/mol. The van der Waals surface area contributed by atoms with Gasteiger partial charge in [-0.15, -0.1) is 0 Å². The van der Waals surface area contributed by atoms with E-state index in [1.807, 2.05) is 0 Å². The molecule has 0 bridgehead atoms. The third-order valence-corrected chi connectivity index (χ3v) is 2.78. The van der Waals surface area contributed by atoms with E-state index in [2.05, 4.69) is 4.99 Å². The van der Waals surface area contributed by atoms with Gasteiger partial charge in [0.1, 0.15) is 11.9 Å². The average molecular weight is 299 g/mol. The van der Waals surface area contributed by atoms with Crippen LogP contribution in [0.3, 0.4) is 0 Å². The van der Waals surface area contributed by atoms with Crippen LogP contribution in [0.5, 0.6) is 5.75 Å². The van der Waals surface area contributed by atoms with Crippen molar-refractivity contribution in [1.29, 1.82) is 0 Å². The Labute approximate surface area is 123 Å². The molecule has 0 aliphatic heterocycles. The van der Waals surface area contributed by atoms with E-state index in [-0.39, 0.29) is 0 Å². The standard InChI is InChI=1S/C14H21NO6/c1-9(17)12(8-16)21-14(19)13(18)15-7-10-3-5-11(20-2)6-4-10/h3-7,9,12-14,16-19H,8H2,1-2H3/b15-7+/t9-,12?,13?,14+/m0/s1. The first kappa shape index (κ1) is 17.5. The second-order valence-electron chi connectivity index (χ2n) is 4.45. The van der Waals surface area contributed by atoms with E-state index in [9.17, 15) is 15.3 Å². The Hall–Kier alpha value is -1.51. The van der Waals surface area contributed by atoms with Crippen molar-refractivity contribution >= 4 is 6.21 Å². The van der Waals surface area contributed by atoms with Crippen molar-refractivity contribution in [2.24, 2.45) is 4.99 Å². The van der Waals surface area contributed by atoms with Gasteiger partial charge in [0, 0.05) is 6.21 Å². The van der Waals surface area contributed by atoms with Gasteiger partial charge in [-0.2, -0.15) is 0 Å². The molecule has 118 valence electrons. The molecular weight excluding hydrogens is 278 g/mol. The van der Waals surface area contributed by atoms with Crippen LogP contribution < -0.4 is 4.74 Å². The molecule has 0 radical (unpaired) electrons. The lowest BCUT2D eigenvalue weighted by molar-refractivity contribution is -0.210. The zero-order valence-electron chi connectivity index (χ0n) is 12.0. The molecule has 2 unspecified atom stereocenters. The van der Waals surface area contributed by atoms with Crippen LogP contribution in [0.25, 0.3) is 0 Å². The maximum absolute atomic E-state index is 9.65. The van der Waals surface area contributed by atoms with Crippen molar-refractivity contribution in [1.82, 2.24) is 0 Å². The summed E-state index contributed by atoms with van der Waals surface area (Å²) in [6.07, 6.45) is -3.79. The zero-order chi connectivity index (χ0) is 15.8. The predicted octanol–water partition coefficient (Wildman–Crippen LogP) is -0.491. The Morgan fingerprint density at radius 2 is 1.81 bits per heavy atom. The lowest BCUT2D eigenvalue weighted by atomic mass is 10.2. The van der Waals surface area contributed by atoms with Crippen LogP contribution in [0.15, 0.2) is 29.3 Å². The summed E-state index contributed by atoms with van der Waals surface area (Å²) in [5.74, 6) is 0.693. The minimum atomic E-state index is -1.65. The summed E-state index contributed by atoms with van der Waals surface area (Å²) in [6, 6.07) is 6.93. The van der Waals surface area contributed by atoms with Gasteiger partial charge < -0.3 is 29.9 Å². The normalized spacial score (nSPS) is 17.4. The Kier molecular flexibility index (Phi) is 7.27. The number of ether oxygens (including phenoxy) is 2. The van der Waals surface area contributed by atoms with Crippen molar-refractivity contribution in [3.63, 3.8) is 0 Å². The lowest BCUT2D eigenvalue weighted by Gasteiger charge is -2.23. The smallest absolute Gasteiger partial charge is 0.202 e. The van der Waals surface area contributed by atoms with E-state index >= 15 is 0 Å². The summed E-state index contributed by atoms with van der Waals surface area (Å²) in [6.45, 7) is 0.921. The number of methoxy groups -OCH3 is 1. The highest BCUT2D eigenvalue weighted by atomic mass is 16.6. The van der Waals surface area contributed by atoms with Crippen LogP contribution in [0.1, 0.15) is 12.5 Å². The topological polar surface area (TPSA) is 112 Å². The molecule has 1 rings (SSSR count). The van der Waals surface area contributed by atoms with E-state index in [0.717, 1.165) is 0 Å². The van der Waals surface area contributed by atoms with Gasteiger partial charge in [0.25, 0.3) is 0 Å². The molecule has 0 saturated carbocycles. The van der Waals surface area contributed by atoms with Crippen molar-refractivity contribution in [2.75, 3.05) is 13.7 Å². The number of aliphatic imine (C=N–C) groups is 1. The fraction of sp³-hybridized carbons (Fsp3) is 0.500. The average Bonchev–Trinajstić information content (AvgIpc) is 2.50. The van der Waals surface area contributed by atoms with Crippen molar-refractivity contribution < 1.29 is 29.9 Å². The minimum Gasteiger partial charge on any atom is -0.497 e. The highest BCUT2D eigenvalue weighted by Crippen LogP contribution is 2.10. The number of nitrogens with zero attached hydrogens (tertiary/aromatic N) is 1. The maximum Gasteiger partial charge on any atom is 0.202 e. The van der Waals surface area contributed by atoms with Crippen molar-refractivity contribution in [3.8, 4) is 5.75 Å². The number of rotatable bonds is 8. The molecule has 0 amide bonds. The molecule has 0 fully saturated rings. The third-order valence-electron chi connectivity index (χ3n) is 2.78. The van der Waals surface area contributed by atoms with Gasteiger partial charge in [-0.05, 0) is 36.8 Å². The van der Waals surface area contributed by atoms with Gasteiger partial charge in [0.2, 0.25) is 6.29 Å². The number of benzene rings is 1. The number of hydrogen-bond donors (Lipinski definition) is 4. The molecule has 7 nitrogen and oxygen atoms in total. The molecule has 0 aliphatic rings. The molecule has 0 aromatic heterocycles. The van der Waals surface area contributed by atoms with Gasteiger partial charge in [0.05, 0.1) is 19.8 Å². The van der Waals surface area contributed by atoms with Gasteiger partial charge in [-0.1, -0.05) is 0 Å². The van der Waals surface area contributed by atoms with Crippen LogP contribution in [-0.2, 0) is 4.74 Å². The van der Waals surface area contributed by atoms with Gasteiger partial charge in [-0.25, -0.2) is 0 Å². The second kappa shape index (κ2) is 8.71. The van der Waals surface area contributed by atoms with Crippen LogP contribution in [0, 0.1) is 0 Å². The Balaban J connectivity index is 2.57. The molecule has 7 heteroatoms. The number of aliphatic hydroxyl groups is 4. The van der Waals surface area contributed by atoms with E-state index in [0.29, 0.717) is 11.3 Å². The Morgan fingerprint density at radius 3 is 2.29 bits per heavy atom. The van der Waals surface area contributed by atoms with Crippen molar-refractivity contribution in [2.45, 2.75) is 31.6 Å². The largest absolute Gasteiger partial charge is 0.497 e. The van der Waals surface area contributed by atoms with Crippen molar-refractivity contribution in [3.05, 3.63) is 29.8 Å². The van der Waals surface area contributed by atoms with E-state index in [1.54, 1.807) is 31.4 Å². The van der Waals surface area contributed by atoms with Gasteiger partial charge in [-0.3, -0.25) is 4.99 Å². The van der Waals surface area contributed by atoms with Crippen LogP contribution in [-0.4, -0.2) is 65.1 Å². The number of hydrogen-bond acceptors (Lipinski definition) is 7. The maximum atomic E-state index is 9.65. The Morgan fingerprint density at radius 1 is 1.19 bits per heavy atom. The van der Waals surface area contributed by atoms with E-state index in [1.165, 1.54) is 13.1 Å². The van der Waals surface area contributed by atoms with Crippen LogP contribution in [0.4, 0.5) is 0 Å². The van der Waals surface area contributed by atoms with Gasteiger partial charge >= 0.3 is 0 Å². The summed E-state index contributed by atoms with van der Waals surface area (Å²) in [5.41, 5.74) is 0.705. The first-order valence-electron chi connectivity index (χ1n) is 6.45. The summed E-state index contributed by atoms with van der Waals surface area (Å²) < 4.78 is 9.93. The summed E-state index contributed by atoms with van der Waals surface area (Å²) >= 11 is 0. The molecule has 0 heterocycles. The van der Waals surface area contributed by atoms with Gasteiger partial charge in [0.15, 0.2) is 6.23 Å². The minimum absolute atomic E-state index is 0.482. The molecule has 0 spiro atoms. The molecule has 0 aliphatic carbocycles. The highest BCUT2D eigenvalue weighted by Gasteiger charge is 2.23.